The average Bonchev–Trinajstić information content (AvgIpc) is 3.57. The number of oxazole rings is 1. The van der Waals surface area contributed by atoms with Crippen LogP contribution in [-0.4, -0.2) is 51.7 Å². The van der Waals surface area contributed by atoms with Gasteiger partial charge in [-0.3, -0.25) is 9.48 Å². The molecule has 1 N–H and O–H groups in total. The van der Waals surface area contributed by atoms with E-state index in [2.05, 4.69) is 36.0 Å². The largest absolute Gasteiger partial charge is 0.431 e. The molecule has 6 heterocycles. The van der Waals surface area contributed by atoms with Gasteiger partial charge in [-0.2, -0.15) is 10.2 Å². The van der Waals surface area contributed by atoms with Crippen molar-refractivity contribution in [1.29, 1.82) is 0 Å². The maximum absolute atomic E-state index is 13.5. The van der Waals surface area contributed by atoms with Gasteiger partial charge in [0.15, 0.2) is 0 Å². The zero-order valence-corrected chi connectivity index (χ0v) is 18.5. The first-order valence-electron chi connectivity index (χ1n) is 10.0. The van der Waals surface area contributed by atoms with E-state index < -0.39 is 6.04 Å². The number of aryl methyl sites for hydroxylation is 1. The summed E-state index contributed by atoms with van der Waals surface area (Å²) < 4.78 is 10.2. The van der Waals surface area contributed by atoms with Crippen LogP contribution in [0.25, 0.3) is 17.0 Å². The van der Waals surface area contributed by atoms with Crippen molar-refractivity contribution in [2.24, 2.45) is 7.05 Å². The van der Waals surface area contributed by atoms with E-state index in [1.807, 2.05) is 31.4 Å². The lowest BCUT2D eigenvalue weighted by Gasteiger charge is -2.33. The maximum Gasteiger partial charge on any atom is 0.292 e. The molecular formula is C21H17BrN8O2. The van der Waals surface area contributed by atoms with Gasteiger partial charge in [-0.05, 0) is 34.1 Å². The number of aromatic nitrogens is 7. The first kappa shape index (κ1) is 19.0. The number of imidazole rings is 1. The van der Waals surface area contributed by atoms with Crippen LogP contribution in [0, 0.1) is 0 Å². The van der Waals surface area contributed by atoms with Crippen LogP contribution in [0.5, 0.6) is 0 Å². The number of pyridine rings is 1. The molecule has 0 unspecified atom stereocenters. The molecule has 1 aliphatic heterocycles. The highest BCUT2D eigenvalue weighted by molar-refractivity contribution is 9.10. The predicted molar refractivity (Wildman–Crippen MR) is 117 cm³/mol. The van der Waals surface area contributed by atoms with Crippen LogP contribution in [0.1, 0.15) is 33.7 Å². The molecule has 0 fully saturated rings. The molecule has 1 amide bonds. The molecular weight excluding hydrogens is 476 g/mol. The van der Waals surface area contributed by atoms with Crippen LogP contribution in [0.4, 0.5) is 0 Å². The summed E-state index contributed by atoms with van der Waals surface area (Å²) in [5.74, 6) is 0.257. The molecule has 0 saturated carbocycles. The number of hydrogen-bond acceptors (Lipinski definition) is 6. The molecule has 32 heavy (non-hydrogen) atoms. The molecule has 160 valence electrons. The molecule has 1 atom stereocenters. The van der Waals surface area contributed by atoms with Crippen molar-refractivity contribution in [1.82, 2.24) is 39.2 Å². The number of amides is 1. The Balaban J connectivity index is 1.41. The van der Waals surface area contributed by atoms with Crippen molar-refractivity contribution in [3.63, 3.8) is 0 Å². The van der Waals surface area contributed by atoms with Crippen LogP contribution in [0.15, 0.2) is 58.2 Å². The van der Waals surface area contributed by atoms with E-state index in [1.54, 1.807) is 32.8 Å². The number of carbonyl (C=O) groups excluding carboxylic acids is 1. The van der Waals surface area contributed by atoms with Gasteiger partial charge in [-0.1, -0.05) is 0 Å². The van der Waals surface area contributed by atoms with E-state index in [1.165, 1.54) is 6.20 Å². The van der Waals surface area contributed by atoms with Gasteiger partial charge in [0.2, 0.25) is 11.7 Å². The van der Waals surface area contributed by atoms with E-state index in [4.69, 9.17) is 9.52 Å². The number of hydrogen-bond donors (Lipinski definition) is 1. The van der Waals surface area contributed by atoms with E-state index in [0.717, 1.165) is 27.1 Å². The van der Waals surface area contributed by atoms with Gasteiger partial charge in [0, 0.05) is 42.6 Å². The third-order valence-corrected chi connectivity index (χ3v) is 6.27. The van der Waals surface area contributed by atoms with Gasteiger partial charge in [0.05, 0.1) is 41.2 Å². The number of aromatic amines is 1. The van der Waals surface area contributed by atoms with Gasteiger partial charge in [-0.25, -0.2) is 14.5 Å². The third kappa shape index (κ3) is 2.96. The standard InChI is InChI=1S/C21H17BrN8O2/c1-28-10-12(8-26-28)20-23-9-17(32-20)21(31)29-6-4-14-18(25-11-24-14)19(29)15-7-16-13(22)3-2-5-30(16)27-15/h2-3,5,7-11,19H,4,6H2,1H3,(H,24,25)/t19-/m0/s1. The Morgan fingerprint density at radius 3 is 3.03 bits per heavy atom. The number of rotatable bonds is 3. The Bertz CT molecular complexity index is 1460. The molecule has 1 aliphatic rings. The van der Waals surface area contributed by atoms with Crippen LogP contribution in [0.2, 0.25) is 0 Å². The van der Waals surface area contributed by atoms with Gasteiger partial charge >= 0.3 is 0 Å². The Morgan fingerprint density at radius 1 is 1.31 bits per heavy atom. The molecule has 0 aromatic carbocycles. The molecule has 5 aromatic heterocycles. The fraction of sp³-hybridized carbons (Fsp3) is 0.190. The van der Waals surface area contributed by atoms with E-state index >= 15 is 0 Å². The van der Waals surface area contributed by atoms with Crippen LogP contribution in [0.3, 0.4) is 0 Å². The fourth-order valence-electron chi connectivity index (χ4n) is 4.11. The summed E-state index contributed by atoms with van der Waals surface area (Å²) in [5, 5.41) is 8.87. The predicted octanol–water partition coefficient (Wildman–Crippen LogP) is 3.00. The molecule has 0 saturated heterocycles. The minimum atomic E-state index is -0.448. The molecule has 6 rings (SSSR count). The van der Waals surface area contributed by atoms with Crippen LogP contribution < -0.4 is 0 Å². The first-order chi connectivity index (χ1) is 15.6. The molecule has 0 bridgehead atoms. The minimum absolute atomic E-state index is 0.165. The van der Waals surface area contributed by atoms with Crippen molar-refractivity contribution < 1.29 is 9.21 Å². The maximum atomic E-state index is 13.5. The monoisotopic (exact) mass is 492 g/mol. The highest BCUT2D eigenvalue weighted by atomic mass is 79.9. The SMILES string of the molecule is Cn1cc(-c2ncc(C(=O)N3CCc4[nH]cnc4[C@@H]3c3cc4c(Br)cccn4n3)o2)cn1. The van der Waals surface area contributed by atoms with Crippen molar-refractivity contribution in [3.05, 3.63) is 76.6 Å². The summed E-state index contributed by atoms with van der Waals surface area (Å²) in [4.78, 5) is 27.3. The van der Waals surface area contributed by atoms with Crippen LogP contribution >= 0.6 is 15.9 Å². The number of halogens is 1. The first-order valence-corrected chi connectivity index (χ1v) is 10.8. The van der Waals surface area contributed by atoms with Crippen molar-refractivity contribution in [2.75, 3.05) is 6.54 Å². The minimum Gasteiger partial charge on any atom is -0.431 e. The average molecular weight is 493 g/mol. The van der Waals surface area contributed by atoms with Gasteiger partial charge < -0.3 is 14.3 Å². The normalized spacial score (nSPS) is 15.9. The van der Waals surface area contributed by atoms with E-state index in [9.17, 15) is 4.79 Å². The second-order valence-corrected chi connectivity index (χ2v) is 8.46. The lowest BCUT2D eigenvalue weighted by molar-refractivity contribution is 0.0655. The Hall–Kier alpha value is -3.73. The van der Waals surface area contributed by atoms with Crippen molar-refractivity contribution in [2.45, 2.75) is 12.5 Å². The molecule has 0 aliphatic carbocycles. The van der Waals surface area contributed by atoms with Crippen molar-refractivity contribution >= 4 is 27.4 Å². The lowest BCUT2D eigenvalue weighted by Crippen LogP contribution is -2.40. The second kappa shape index (κ2) is 7.16. The van der Waals surface area contributed by atoms with E-state index in [-0.39, 0.29) is 11.7 Å². The Labute approximate surface area is 190 Å². The number of nitrogens with zero attached hydrogens (tertiary/aromatic N) is 7. The number of fused-ring (bicyclic) bond motifs is 2. The highest BCUT2D eigenvalue weighted by Crippen LogP contribution is 2.35. The molecule has 0 spiro atoms. The fourth-order valence-corrected chi connectivity index (χ4v) is 4.56. The summed E-state index contributed by atoms with van der Waals surface area (Å²) in [6.07, 6.45) is 9.09. The summed E-state index contributed by atoms with van der Waals surface area (Å²) in [5.41, 5.74) is 4.14. The topological polar surface area (TPSA) is 110 Å². The smallest absolute Gasteiger partial charge is 0.292 e. The molecule has 0 radical (unpaired) electrons. The Morgan fingerprint density at radius 2 is 2.22 bits per heavy atom. The molecule has 5 aromatic rings. The summed E-state index contributed by atoms with van der Waals surface area (Å²) in [6.45, 7) is 0.497. The highest BCUT2D eigenvalue weighted by Gasteiger charge is 2.37. The van der Waals surface area contributed by atoms with E-state index in [0.29, 0.717) is 24.4 Å². The molecule has 10 nitrogen and oxygen atoms in total. The van der Waals surface area contributed by atoms with Gasteiger partial charge in [0.1, 0.15) is 6.04 Å². The second-order valence-electron chi connectivity index (χ2n) is 7.60. The zero-order chi connectivity index (χ0) is 21.8. The molecule has 11 heteroatoms. The quantitative estimate of drug-likeness (QED) is 0.414. The summed E-state index contributed by atoms with van der Waals surface area (Å²) in [7, 11) is 1.81. The summed E-state index contributed by atoms with van der Waals surface area (Å²) >= 11 is 3.57. The number of nitrogens with one attached hydrogen (secondary N) is 1. The van der Waals surface area contributed by atoms with Gasteiger partial charge in [0.25, 0.3) is 5.91 Å². The van der Waals surface area contributed by atoms with Gasteiger partial charge in [-0.15, -0.1) is 0 Å². The number of H-pyrrole nitrogens is 1. The third-order valence-electron chi connectivity index (χ3n) is 5.60. The summed E-state index contributed by atoms with van der Waals surface area (Å²) in [6, 6.07) is 5.39. The van der Waals surface area contributed by atoms with Crippen molar-refractivity contribution in [3.8, 4) is 11.5 Å². The van der Waals surface area contributed by atoms with Crippen LogP contribution in [-0.2, 0) is 13.5 Å². The Kier molecular flexibility index (Phi) is 4.25. The zero-order valence-electron chi connectivity index (χ0n) is 16.9. The number of carbonyl (C=O) groups is 1. The lowest BCUT2D eigenvalue weighted by atomic mass is 9.99.